The second-order valence-electron chi connectivity index (χ2n) is 6.08. The molecule has 4 rings (SSSR count). The van der Waals surface area contributed by atoms with Crippen molar-refractivity contribution in [3.8, 4) is 0 Å². The van der Waals surface area contributed by atoms with E-state index in [1.165, 1.54) is 0 Å². The SMILES string of the molecule is Cc1ccc(C)c(NC(=O)c2cc3c(ccc4ccccc43)o2)c1. The van der Waals surface area contributed by atoms with Crippen molar-refractivity contribution < 1.29 is 9.21 Å². The lowest BCUT2D eigenvalue weighted by molar-refractivity contribution is 0.0998. The number of amides is 1. The summed E-state index contributed by atoms with van der Waals surface area (Å²) in [5.41, 5.74) is 3.66. The summed E-state index contributed by atoms with van der Waals surface area (Å²) >= 11 is 0. The maximum absolute atomic E-state index is 12.6. The van der Waals surface area contributed by atoms with Crippen LogP contribution in [0.1, 0.15) is 21.7 Å². The molecule has 0 saturated carbocycles. The summed E-state index contributed by atoms with van der Waals surface area (Å²) in [5, 5.41) is 6.12. The summed E-state index contributed by atoms with van der Waals surface area (Å²) in [4.78, 5) is 12.6. The van der Waals surface area contributed by atoms with Crippen LogP contribution in [0.4, 0.5) is 5.69 Å². The van der Waals surface area contributed by atoms with Crippen LogP contribution in [0.15, 0.2) is 65.1 Å². The van der Waals surface area contributed by atoms with Crippen LogP contribution in [-0.4, -0.2) is 5.91 Å². The Morgan fingerprint density at radius 3 is 2.62 bits per heavy atom. The van der Waals surface area contributed by atoms with E-state index in [1.807, 2.05) is 68.4 Å². The second-order valence-corrected chi connectivity index (χ2v) is 6.08. The quantitative estimate of drug-likeness (QED) is 0.534. The molecule has 0 spiro atoms. The zero-order chi connectivity index (χ0) is 16.7. The van der Waals surface area contributed by atoms with Crippen LogP contribution < -0.4 is 5.32 Å². The van der Waals surface area contributed by atoms with E-state index in [4.69, 9.17) is 4.42 Å². The summed E-state index contributed by atoms with van der Waals surface area (Å²) in [6.07, 6.45) is 0. The molecule has 1 aromatic heterocycles. The first-order valence-electron chi connectivity index (χ1n) is 7.92. The minimum Gasteiger partial charge on any atom is -0.451 e. The average molecular weight is 315 g/mol. The molecule has 118 valence electrons. The normalized spacial score (nSPS) is 11.1. The van der Waals surface area contributed by atoms with Gasteiger partial charge in [0.05, 0.1) is 0 Å². The third kappa shape index (κ3) is 2.44. The molecule has 0 aliphatic carbocycles. The van der Waals surface area contributed by atoms with Crippen molar-refractivity contribution in [2.45, 2.75) is 13.8 Å². The van der Waals surface area contributed by atoms with Crippen LogP contribution in [0.5, 0.6) is 0 Å². The van der Waals surface area contributed by atoms with Gasteiger partial charge < -0.3 is 9.73 Å². The molecule has 0 aliphatic heterocycles. The number of furan rings is 1. The Balaban J connectivity index is 1.74. The number of hydrogen-bond acceptors (Lipinski definition) is 2. The molecule has 4 aromatic rings. The van der Waals surface area contributed by atoms with Crippen LogP contribution in [0, 0.1) is 13.8 Å². The lowest BCUT2D eigenvalue weighted by atomic mass is 10.1. The number of carbonyl (C=O) groups is 1. The molecular weight excluding hydrogens is 298 g/mol. The van der Waals surface area contributed by atoms with Gasteiger partial charge >= 0.3 is 0 Å². The molecule has 0 unspecified atom stereocenters. The zero-order valence-electron chi connectivity index (χ0n) is 13.6. The lowest BCUT2D eigenvalue weighted by Crippen LogP contribution is -2.11. The molecule has 1 heterocycles. The van der Waals surface area contributed by atoms with E-state index in [0.29, 0.717) is 5.76 Å². The van der Waals surface area contributed by atoms with Crippen molar-refractivity contribution in [1.82, 2.24) is 0 Å². The highest BCUT2D eigenvalue weighted by atomic mass is 16.3. The van der Waals surface area contributed by atoms with Crippen LogP contribution in [0.25, 0.3) is 21.7 Å². The average Bonchev–Trinajstić information content (AvgIpc) is 3.03. The fourth-order valence-electron chi connectivity index (χ4n) is 2.96. The molecular formula is C21H17NO2. The maximum Gasteiger partial charge on any atom is 0.291 e. The van der Waals surface area contributed by atoms with Crippen molar-refractivity contribution in [3.05, 3.63) is 77.6 Å². The fourth-order valence-corrected chi connectivity index (χ4v) is 2.96. The Labute approximate surface area is 139 Å². The number of fused-ring (bicyclic) bond motifs is 3. The van der Waals surface area contributed by atoms with Gasteiger partial charge in [-0.25, -0.2) is 0 Å². The van der Waals surface area contributed by atoms with Crippen molar-refractivity contribution in [1.29, 1.82) is 0 Å². The van der Waals surface area contributed by atoms with E-state index in [-0.39, 0.29) is 5.91 Å². The van der Waals surface area contributed by atoms with Gasteiger partial charge in [-0.2, -0.15) is 0 Å². The van der Waals surface area contributed by atoms with Gasteiger partial charge in [0.1, 0.15) is 5.58 Å². The van der Waals surface area contributed by atoms with E-state index >= 15 is 0 Å². The van der Waals surface area contributed by atoms with Crippen molar-refractivity contribution in [3.63, 3.8) is 0 Å². The highest BCUT2D eigenvalue weighted by Crippen LogP contribution is 2.28. The molecule has 0 aliphatic rings. The summed E-state index contributed by atoms with van der Waals surface area (Å²) < 4.78 is 5.77. The number of anilines is 1. The molecule has 1 N–H and O–H groups in total. The van der Waals surface area contributed by atoms with Gasteiger partial charge in [-0.3, -0.25) is 4.79 Å². The minimum absolute atomic E-state index is 0.232. The Morgan fingerprint density at radius 1 is 0.917 bits per heavy atom. The summed E-state index contributed by atoms with van der Waals surface area (Å²) in [6.45, 7) is 3.98. The monoisotopic (exact) mass is 315 g/mol. The molecule has 3 nitrogen and oxygen atoms in total. The molecule has 0 bridgehead atoms. The molecule has 0 fully saturated rings. The maximum atomic E-state index is 12.6. The molecule has 0 atom stereocenters. The predicted molar refractivity (Wildman–Crippen MR) is 97.6 cm³/mol. The Kier molecular flexibility index (Phi) is 3.35. The van der Waals surface area contributed by atoms with E-state index in [0.717, 1.165) is 38.6 Å². The number of aryl methyl sites for hydroxylation is 2. The van der Waals surface area contributed by atoms with E-state index in [2.05, 4.69) is 11.4 Å². The first-order chi connectivity index (χ1) is 11.6. The van der Waals surface area contributed by atoms with E-state index in [9.17, 15) is 4.79 Å². The van der Waals surface area contributed by atoms with Crippen molar-refractivity contribution >= 4 is 33.3 Å². The number of carbonyl (C=O) groups excluding carboxylic acids is 1. The van der Waals surface area contributed by atoms with Gasteiger partial charge in [0.25, 0.3) is 5.91 Å². The largest absolute Gasteiger partial charge is 0.451 e. The Hall–Kier alpha value is -3.07. The second kappa shape index (κ2) is 5.53. The minimum atomic E-state index is -0.232. The first-order valence-corrected chi connectivity index (χ1v) is 7.92. The molecule has 0 radical (unpaired) electrons. The standard InChI is InChI=1S/C21H17NO2/c1-13-7-8-14(2)18(11-13)22-21(23)20-12-17-16-6-4-3-5-15(16)9-10-19(17)24-20/h3-12H,1-2H3,(H,22,23). The number of hydrogen-bond donors (Lipinski definition) is 1. The van der Waals surface area contributed by atoms with E-state index < -0.39 is 0 Å². The molecule has 3 heteroatoms. The van der Waals surface area contributed by atoms with Crippen LogP contribution in [0.3, 0.4) is 0 Å². The molecule has 24 heavy (non-hydrogen) atoms. The molecule has 3 aromatic carbocycles. The smallest absolute Gasteiger partial charge is 0.291 e. The number of benzene rings is 3. The third-order valence-corrected chi connectivity index (χ3v) is 4.29. The van der Waals surface area contributed by atoms with Gasteiger partial charge in [0.2, 0.25) is 0 Å². The van der Waals surface area contributed by atoms with E-state index in [1.54, 1.807) is 0 Å². The lowest BCUT2D eigenvalue weighted by Gasteiger charge is -2.07. The first kappa shape index (κ1) is 14.5. The van der Waals surface area contributed by atoms with Crippen molar-refractivity contribution in [2.75, 3.05) is 5.32 Å². The summed E-state index contributed by atoms with van der Waals surface area (Å²) in [5.74, 6) is 0.0891. The Morgan fingerprint density at radius 2 is 1.75 bits per heavy atom. The zero-order valence-corrected chi connectivity index (χ0v) is 13.6. The highest BCUT2D eigenvalue weighted by molar-refractivity contribution is 6.10. The third-order valence-electron chi connectivity index (χ3n) is 4.29. The van der Waals surface area contributed by atoms with Gasteiger partial charge in [-0.15, -0.1) is 0 Å². The van der Waals surface area contributed by atoms with Crippen LogP contribution >= 0.6 is 0 Å². The summed E-state index contributed by atoms with van der Waals surface area (Å²) in [6, 6.07) is 19.8. The van der Waals surface area contributed by atoms with Gasteiger partial charge in [0, 0.05) is 11.1 Å². The van der Waals surface area contributed by atoms with Crippen LogP contribution in [-0.2, 0) is 0 Å². The van der Waals surface area contributed by atoms with Crippen LogP contribution in [0.2, 0.25) is 0 Å². The van der Waals surface area contributed by atoms with Gasteiger partial charge in [-0.05, 0) is 53.9 Å². The predicted octanol–water partition coefficient (Wildman–Crippen LogP) is 5.46. The van der Waals surface area contributed by atoms with Gasteiger partial charge in [-0.1, -0.05) is 42.5 Å². The number of nitrogens with one attached hydrogen (secondary N) is 1. The van der Waals surface area contributed by atoms with Crippen molar-refractivity contribution in [2.24, 2.45) is 0 Å². The summed E-state index contributed by atoms with van der Waals surface area (Å²) in [7, 11) is 0. The Bertz CT molecular complexity index is 1080. The molecule has 1 amide bonds. The van der Waals surface area contributed by atoms with Gasteiger partial charge in [0.15, 0.2) is 5.76 Å². The topological polar surface area (TPSA) is 42.2 Å². The number of rotatable bonds is 2. The molecule has 0 saturated heterocycles. The highest BCUT2D eigenvalue weighted by Gasteiger charge is 2.15. The fraction of sp³-hybridized carbons (Fsp3) is 0.0952.